The van der Waals surface area contributed by atoms with E-state index >= 15 is 0 Å². The molecule has 0 amide bonds. The van der Waals surface area contributed by atoms with E-state index < -0.39 is 14.9 Å². The quantitative estimate of drug-likeness (QED) is 0.565. The Morgan fingerprint density at radius 1 is 1.19 bits per heavy atom. The van der Waals surface area contributed by atoms with Gasteiger partial charge in [-0.3, -0.25) is 10.1 Å². The second-order valence-electron chi connectivity index (χ2n) is 5.76. The van der Waals surface area contributed by atoms with Gasteiger partial charge in [0.05, 0.1) is 16.9 Å². The number of aromatic nitrogens is 2. The van der Waals surface area contributed by atoms with Crippen LogP contribution >= 0.6 is 0 Å². The van der Waals surface area contributed by atoms with Gasteiger partial charge >= 0.3 is 5.69 Å². The zero-order valence-electron chi connectivity index (χ0n) is 14.5. The summed E-state index contributed by atoms with van der Waals surface area (Å²) in [4.78, 5) is 20.0. The summed E-state index contributed by atoms with van der Waals surface area (Å²) < 4.78 is 31.9. The van der Waals surface area contributed by atoms with Crippen molar-refractivity contribution >= 4 is 27.5 Å². The summed E-state index contributed by atoms with van der Waals surface area (Å²) in [7, 11) is -2.11. The summed E-state index contributed by atoms with van der Waals surface area (Å²) in [6.07, 6.45) is 1.05. The van der Waals surface area contributed by atoms with Crippen LogP contribution in [0.1, 0.15) is 0 Å². The van der Waals surface area contributed by atoms with Crippen LogP contribution in [-0.2, 0) is 10.0 Å². The summed E-state index contributed by atoms with van der Waals surface area (Å²) >= 11 is 0. The maximum atomic E-state index is 12.7. The third-order valence-corrected chi connectivity index (χ3v) is 6.11. The number of nitrogens with two attached hydrogens (primary N) is 1. The number of benzene rings is 1. The average Bonchev–Trinajstić information content (AvgIpc) is 2.67. The van der Waals surface area contributed by atoms with Crippen LogP contribution < -0.4 is 15.4 Å². The zero-order valence-corrected chi connectivity index (χ0v) is 15.3. The molecule has 1 aliphatic rings. The van der Waals surface area contributed by atoms with Crippen LogP contribution in [-0.4, -0.2) is 60.9 Å². The summed E-state index contributed by atoms with van der Waals surface area (Å²) in [5.41, 5.74) is 5.23. The lowest BCUT2D eigenvalue weighted by molar-refractivity contribution is -0.384. The molecule has 0 radical (unpaired) electrons. The molecule has 2 heterocycles. The van der Waals surface area contributed by atoms with E-state index in [0.29, 0.717) is 18.8 Å². The monoisotopic (exact) mass is 394 g/mol. The van der Waals surface area contributed by atoms with Gasteiger partial charge in [0, 0.05) is 26.2 Å². The van der Waals surface area contributed by atoms with Crippen molar-refractivity contribution in [3.8, 4) is 5.75 Å². The summed E-state index contributed by atoms with van der Waals surface area (Å²) in [5.74, 6) is 0.588. The highest BCUT2D eigenvalue weighted by molar-refractivity contribution is 7.89. The largest absolute Gasteiger partial charge is 0.497 e. The topological polar surface area (TPSA) is 145 Å². The Morgan fingerprint density at radius 2 is 1.81 bits per heavy atom. The summed E-state index contributed by atoms with van der Waals surface area (Å²) in [6.45, 7) is 1.14. The van der Waals surface area contributed by atoms with E-state index in [4.69, 9.17) is 10.5 Å². The minimum absolute atomic E-state index is 0.188. The number of nitrogen functional groups attached to an aromatic ring is 1. The molecule has 3 rings (SSSR count). The molecule has 27 heavy (non-hydrogen) atoms. The standard InChI is InChI=1S/C15H18N6O5S/c1-26-11-2-4-12(5-3-11)27(24,25)20-8-6-19(7-9-20)15-17-10-13(21(22)23)14(16)18-15/h2-5,10H,6-9H2,1H3,(H2,16,17,18). The fourth-order valence-corrected chi connectivity index (χ4v) is 4.12. The molecule has 1 aromatic heterocycles. The number of piperazine rings is 1. The molecule has 2 N–H and O–H groups in total. The van der Waals surface area contributed by atoms with E-state index in [0.717, 1.165) is 6.20 Å². The second-order valence-corrected chi connectivity index (χ2v) is 7.70. The first-order valence-corrected chi connectivity index (χ1v) is 9.43. The average molecular weight is 394 g/mol. The Balaban J connectivity index is 1.71. The zero-order chi connectivity index (χ0) is 19.6. The lowest BCUT2D eigenvalue weighted by atomic mass is 10.3. The predicted octanol–water partition coefficient (Wildman–Crippen LogP) is 0.486. The third-order valence-electron chi connectivity index (χ3n) is 4.20. The number of sulfonamides is 1. The van der Waals surface area contributed by atoms with E-state index in [1.165, 1.54) is 23.5 Å². The van der Waals surface area contributed by atoms with Crippen molar-refractivity contribution in [1.29, 1.82) is 0 Å². The molecule has 12 heteroatoms. The molecule has 0 atom stereocenters. The molecule has 1 saturated heterocycles. The van der Waals surface area contributed by atoms with Gasteiger partial charge in [-0.25, -0.2) is 13.4 Å². The van der Waals surface area contributed by atoms with Crippen molar-refractivity contribution in [2.45, 2.75) is 4.90 Å². The Bertz CT molecular complexity index is 942. The highest BCUT2D eigenvalue weighted by Gasteiger charge is 2.30. The van der Waals surface area contributed by atoms with Gasteiger partial charge in [0.25, 0.3) is 0 Å². The first kappa shape index (κ1) is 18.8. The van der Waals surface area contributed by atoms with Crippen LogP contribution in [0.3, 0.4) is 0 Å². The molecule has 1 aliphatic heterocycles. The lowest BCUT2D eigenvalue weighted by Gasteiger charge is -2.33. The third kappa shape index (κ3) is 3.75. The summed E-state index contributed by atoms with van der Waals surface area (Å²) in [5, 5.41) is 10.8. The predicted molar refractivity (Wildman–Crippen MR) is 97.1 cm³/mol. The number of methoxy groups -OCH3 is 1. The SMILES string of the molecule is COc1ccc(S(=O)(=O)N2CCN(c3ncc([N+](=O)[O-])c(N)n3)CC2)cc1. The first-order valence-electron chi connectivity index (χ1n) is 7.99. The molecule has 0 bridgehead atoms. The van der Waals surface area contributed by atoms with Crippen LogP contribution in [0.15, 0.2) is 35.4 Å². The van der Waals surface area contributed by atoms with Crippen molar-refractivity contribution < 1.29 is 18.1 Å². The molecule has 2 aromatic rings. The molecule has 0 spiro atoms. The molecule has 0 saturated carbocycles. The Hall–Kier alpha value is -2.99. The van der Waals surface area contributed by atoms with Crippen molar-refractivity contribution in [2.75, 3.05) is 43.9 Å². The van der Waals surface area contributed by atoms with E-state index in [-0.39, 0.29) is 35.4 Å². The number of hydrogen-bond acceptors (Lipinski definition) is 9. The Labute approximate surface area is 155 Å². The van der Waals surface area contributed by atoms with E-state index in [2.05, 4.69) is 9.97 Å². The van der Waals surface area contributed by atoms with Crippen molar-refractivity contribution in [3.05, 3.63) is 40.6 Å². The van der Waals surface area contributed by atoms with Gasteiger partial charge in [-0.2, -0.15) is 9.29 Å². The maximum Gasteiger partial charge on any atom is 0.329 e. The Morgan fingerprint density at radius 3 is 2.33 bits per heavy atom. The van der Waals surface area contributed by atoms with Gasteiger partial charge in [-0.05, 0) is 24.3 Å². The molecule has 0 unspecified atom stereocenters. The van der Waals surface area contributed by atoms with Gasteiger partial charge in [0.15, 0.2) is 0 Å². The number of nitro groups is 1. The van der Waals surface area contributed by atoms with E-state index in [1.807, 2.05) is 0 Å². The van der Waals surface area contributed by atoms with Gasteiger partial charge in [0.1, 0.15) is 11.9 Å². The maximum absolute atomic E-state index is 12.7. The number of hydrogen-bond donors (Lipinski definition) is 1. The number of nitrogens with zero attached hydrogens (tertiary/aromatic N) is 5. The van der Waals surface area contributed by atoms with Crippen molar-refractivity contribution in [1.82, 2.24) is 14.3 Å². The van der Waals surface area contributed by atoms with E-state index in [1.54, 1.807) is 17.0 Å². The van der Waals surface area contributed by atoms with Crippen LogP contribution in [0.5, 0.6) is 5.75 Å². The summed E-state index contributed by atoms with van der Waals surface area (Å²) in [6, 6.07) is 6.19. The van der Waals surface area contributed by atoms with Crippen LogP contribution in [0, 0.1) is 10.1 Å². The fourth-order valence-electron chi connectivity index (χ4n) is 2.70. The first-order chi connectivity index (χ1) is 12.8. The number of anilines is 2. The number of rotatable bonds is 5. The van der Waals surface area contributed by atoms with Gasteiger partial charge < -0.3 is 15.4 Å². The molecule has 144 valence electrons. The van der Waals surface area contributed by atoms with Crippen molar-refractivity contribution in [3.63, 3.8) is 0 Å². The van der Waals surface area contributed by atoms with E-state index in [9.17, 15) is 18.5 Å². The molecular weight excluding hydrogens is 376 g/mol. The minimum Gasteiger partial charge on any atom is -0.497 e. The van der Waals surface area contributed by atoms with Gasteiger partial charge in [-0.1, -0.05) is 0 Å². The Kier molecular flexibility index (Phi) is 5.10. The van der Waals surface area contributed by atoms with Gasteiger partial charge in [0.2, 0.25) is 21.8 Å². The highest BCUT2D eigenvalue weighted by atomic mass is 32.2. The molecule has 11 nitrogen and oxygen atoms in total. The molecule has 1 aromatic carbocycles. The van der Waals surface area contributed by atoms with Gasteiger partial charge in [-0.15, -0.1) is 0 Å². The van der Waals surface area contributed by atoms with Crippen molar-refractivity contribution in [2.24, 2.45) is 0 Å². The smallest absolute Gasteiger partial charge is 0.329 e. The second kappa shape index (κ2) is 7.32. The molecule has 1 fully saturated rings. The lowest BCUT2D eigenvalue weighted by Crippen LogP contribution is -2.49. The fraction of sp³-hybridized carbons (Fsp3) is 0.333. The molecule has 0 aliphatic carbocycles. The molecular formula is C15H18N6O5S. The number of ether oxygens (including phenoxy) is 1. The van der Waals surface area contributed by atoms with Crippen LogP contribution in [0.4, 0.5) is 17.5 Å². The van der Waals surface area contributed by atoms with Crippen LogP contribution in [0.2, 0.25) is 0 Å². The normalized spacial score (nSPS) is 15.5. The van der Waals surface area contributed by atoms with Crippen LogP contribution in [0.25, 0.3) is 0 Å². The highest BCUT2D eigenvalue weighted by Crippen LogP contribution is 2.23. The minimum atomic E-state index is -3.62.